The van der Waals surface area contributed by atoms with Gasteiger partial charge in [-0.3, -0.25) is 4.90 Å². The number of nitrogens with zero attached hydrogens (tertiary/aromatic N) is 1. The monoisotopic (exact) mass is 238 g/mol. The van der Waals surface area contributed by atoms with Gasteiger partial charge in [-0.15, -0.1) is 0 Å². The quantitative estimate of drug-likeness (QED) is 0.761. The highest BCUT2D eigenvalue weighted by molar-refractivity contribution is 5.07. The summed E-state index contributed by atoms with van der Waals surface area (Å²) in [6.45, 7) is 11.9. The molecule has 0 aromatic rings. The predicted molar refractivity (Wildman–Crippen MR) is 74.0 cm³/mol. The maximum absolute atomic E-state index is 6.42. The molecule has 1 aliphatic heterocycles. The maximum atomic E-state index is 6.42. The molecule has 1 spiro atoms. The molecule has 2 rings (SSSR count). The Balaban J connectivity index is 2.06. The minimum Gasteiger partial charge on any atom is -0.326 e. The Morgan fingerprint density at radius 1 is 1.18 bits per heavy atom. The van der Waals surface area contributed by atoms with E-state index in [0.29, 0.717) is 17.0 Å². The molecule has 2 nitrogen and oxygen atoms in total. The SMILES string of the molecule is CCN1CCC(N)C12CCC(C(C)(C)C)CC2. The van der Waals surface area contributed by atoms with E-state index in [0.717, 1.165) is 5.92 Å². The maximum Gasteiger partial charge on any atom is 0.0360 e. The first kappa shape index (κ1) is 13.4. The molecule has 0 bridgehead atoms. The van der Waals surface area contributed by atoms with E-state index in [4.69, 9.17) is 5.73 Å². The van der Waals surface area contributed by atoms with Gasteiger partial charge in [0.25, 0.3) is 0 Å². The zero-order valence-electron chi connectivity index (χ0n) is 12.1. The summed E-state index contributed by atoms with van der Waals surface area (Å²) in [6.07, 6.45) is 6.59. The van der Waals surface area contributed by atoms with Gasteiger partial charge in [0.05, 0.1) is 0 Å². The van der Waals surface area contributed by atoms with Crippen LogP contribution in [0.15, 0.2) is 0 Å². The minimum absolute atomic E-state index is 0.358. The van der Waals surface area contributed by atoms with Crippen molar-refractivity contribution in [1.29, 1.82) is 0 Å². The van der Waals surface area contributed by atoms with Crippen molar-refractivity contribution in [3.8, 4) is 0 Å². The summed E-state index contributed by atoms with van der Waals surface area (Å²) in [4.78, 5) is 2.66. The van der Waals surface area contributed by atoms with Gasteiger partial charge in [0.1, 0.15) is 0 Å². The molecular weight excluding hydrogens is 208 g/mol. The van der Waals surface area contributed by atoms with Crippen molar-refractivity contribution in [2.75, 3.05) is 13.1 Å². The van der Waals surface area contributed by atoms with Crippen LogP contribution in [-0.2, 0) is 0 Å². The Morgan fingerprint density at radius 2 is 1.76 bits per heavy atom. The molecule has 100 valence electrons. The van der Waals surface area contributed by atoms with Crippen molar-refractivity contribution in [2.45, 2.75) is 71.4 Å². The Hall–Kier alpha value is -0.0800. The van der Waals surface area contributed by atoms with Gasteiger partial charge in [0, 0.05) is 18.1 Å². The molecule has 0 amide bonds. The fourth-order valence-electron chi connectivity index (χ4n) is 4.16. The first-order chi connectivity index (χ1) is 7.90. The lowest BCUT2D eigenvalue weighted by molar-refractivity contribution is 0.0398. The highest BCUT2D eigenvalue weighted by Gasteiger charge is 2.48. The molecule has 0 radical (unpaired) electrons. The molecule has 1 heterocycles. The average Bonchev–Trinajstić information content (AvgIpc) is 2.56. The highest BCUT2D eigenvalue weighted by Crippen LogP contribution is 2.47. The van der Waals surface area contributed by atoms with Crippen LogP contribution in [0, 0.1) is 11.3 Å². The minimum atomic E-state index is 0.358. The summed E-state index contributed by atoms with van der Waals surface area (Å²) in [6, 6.07) is 0.420. The van der Waals surface area contributed by atoms with E-state index in [1.165, 1.54) is 45.2 Å². The van der Waals surface area contributed by atoms with Crippen LogP contribution >= 0.6 is 0 Å². The van der Waals surface area contributed by atoms with E-state index in [9.17, 15) is 0 Å². The molecule has 0 aromatic heterocycles. The van der Waals surface area contributed by atoms with Gasteiger partial charge in [-0.1, -0.05) is 27.7 Å². The third-order valence-electron chi connectivity index (χ3n) is 5.49. The van der Waals surface area contributed by atoms with Crippen LogP contribution < -0.4 is 5.73 Å². The summed E-state index contributed by atoms with van der Waals surface area (Å²) in [5, 5.41) is 0. The van der Waals surface area contributed by atoms with E-state index >= 15 is 0 Å². The second-order valence-corrected chi connectivity index (χ2v) is 7.22. The standard InChI is InChI=1S/C15H30N2/c1-5-17-11-8-13(16)15(17)9-6-12(7-10-15)14(2,3)4/h12-13H,5-11,16H2,1-4H3. The number of hydrogen-bond acceptors (Lipinski definition) is 2. The molecule has 1 unspecified atom stereocenters. The van der Waals surface area contributed by atoms with Crippen LogP contribution in [-0.4, -0.2) is 29.6 Å². The topological polar surface area (TPSA) is 29.3 Å². The van der Waals surface area contributed by atoms with Crippen molar-refractivity contribution in [3.63, 3.8) is 0 Å². The van der Waals surface area contributed by atoms with Gasteiger partial charge in [-0.25, -0.2) is 0 Å². The lowest BCUT2D eigenvalue weighted by Crippen LogP contribution is -2.56. The lowest BCUT2D eigenvalue weighted by atomic mass is 9.65. The summed E-state index contributed by atoms with van der Waals surface area (Å²) in [7, 11) is 0. The summed E-state index contributed by atoms with van der Waals surface area (Å²) >= 11 is 0. The molecule has 1 aliphatic carbocycles. The fraction of sp³-hybridized carbons (Fsp3) is 1.00. The van der Waals surface area contributed by atoms with E-state index in [1.54, 1.807) is 0 Å². The molecule has 2 fully saturated rings. The van der Waals surface area contributed by atoms with Crippen LogP contribution in [0.25, 0.3) is 0 Å². The van der Waals surface area contributed by atoms with Gasteiger partial charge in [0.15, 0.2) is 0 Å². The third-order valence-corrected chi connectivity index (χ3v) is 5.49. The van der Waals surface area contributed by atoms with Crippen LogP contribution in [0.5, 0.6) is 0 Å². The number of rotatable bonds is 1. The highest BCUT2D eigenvalue weighted by atomic mass is 15.2. The number of nitrogens with two attached hydrogens (primary N) is 1. The molecule has 1 saturated carbocycles. The average molecular weight is 238 g/mol. The van der Waals surface area contributed by atoms with E-state index in [2.05, 4.69) is 32.6 Å². The zero-order valence-corrected chi connectivity index (χ0v) is 12.1. The lowest BCUT2D eigenvalue weighted by Gasteiger charge is -2.48. The van der Waals surface area contributed by atoms with Crippen LogP contribution in [0.3, 0.4) is 0 Å². The van der Waals surface area contributed by atoms with E-state index in [1.807, 2.05) is 0 Å². The second kappa shape index (κ2) is 4.55. The van der Waals surface area contributed by atoms with Crippen molar-refractivity contribution in [2.24, 2.45) is 17.1 Å². The normalized spacial score (nSPS) is 40.1. The van der Waals surface area contributed by atoms with Crippen LogP contribution in [0.1, 0.15) is 59.8 Å². The fourth-order valence-corrected chi connectivity index (χ4v) is 4.16. The molecule has 17 heavy (non-hydrogen) atoms. The molecule has 2 heteroatoms. The molecular formula is C15H30N2. The van der Waals surface area contributed by atoms with Crippen molar-refractivity contribution >= 4 is 0 Å². The van der Waals surface area contributed by atoms with Crippen molar-refractivity contribution in [3.05, 3.63) is 0 Å². The first-order valence-corrected chi connectivity index (χ1v) is 7.41. The molecule has 2 aliphatic rings. The molecule has 1 saturated heterocycles. The Morgan fingerprint density at radius 3 is 2.24 bits per heavy atom. The van der Waals surface area contributed by atoms with Gasteiger partial charge in [-0.2, -0.15) is 0 Å². The first-order valence-electron chi connectivity index (χ1n) is 7.41. The molecule has 1 atom stereocenters. The summed E-state index contributed by atoms with van der Waals surface area (Å²) in [5.74, 6) is 0.889. The smallest absolute Gasteiger partial charge is 0.0360 e. The predicted octanol–water partition coefficient (Wildman–Crippen LogP) is 3.01. The van der Waals surface area contributed by atoms with Crippen LogP contribution in [0.2, 0.25) is 0 Å². The zero-order chi connectivity index (χ0) is 12.7. The van der Waals surface area contributed by atoms with Crippen molar-refractivity contribution in [1.82, 2.24) is 4.90 Å². The summed E-state index contributed by atoms with van der Waals surface area (Å²) < 4.78 is 0. The second-order valence-electron chi connectivity index (χ2n) is 7.22. The van der Waals surface area contributed by atoms with Gasteiger partial charge in [-0.05, 0) is 50.0 Å². The largest absolute Gasteiger partial charge is 0.326 e. The Kier molecular flexibility index (Phi) is 3.57. The molecule has 2 N–H and O–H groups in total. The van der Waals surface area contributed by atoms with E-state index in [-0.39, 0.29) is 0 Å². The number of likely N-dealkylation sites (tertiary alicyclic amines) is 1. The summed E-state index contributed by atoms with van der Waals surface area (Å²) in [5.41, 5.74) is 7.25. The van der Waals surface area contributed by atoms with E-state index < -0.39 is 0 Å². The van der Waals surface area contributed by atoms with Crippen molar-refractivity contribution < 1.29 is 0 Å². The van der Waals surface area contributed by atoms with Gasteiger partial charge in [0.2, 0.25) is 0 Å². The van der Waals surface area contributed by atoms with Gasteiger partial charge < -0.3 is 5.73 Å². The van der Waals surface area contributed by atoms with Gasteiger partial charge >= 0.3 is 0 Å². The Labute approximate surface area is 107 Å². The number of hydrogen-bond donors (Lipinski definition) is 1. The Bertz CT molecular complexity index is 259. The third kappa shape index (κ3) is 2.26. The van der Waals surface area contributed by atoms with Crippen LogP contribution in [0.4, 0.5) is 0 Å². The molecule has 0 aromatic carbocycles. The number of likely N-dealkylation sites (N-methyl/N-ethyl adjacent to an activating group) is 1.